The van der Waals surface area contributed by atoms with E-state index in [4.69, 9.17) is 0 Å². The van der Waals surface area contributed by atoms with Crippen molar-refractivity contribution in [1.29, 1.82) is 0 Å². The van der Waals surface area contributed by atoms with Gasteiger partial charge in [-0.15, -0.1) is 11.8 Å². The van der Waals surface area contributed by atoms with Crippen molar-refractivity contribution in [2.24, 2.45) is 0 Å². The van der Waals surface area contributed by atoms with Crippen LogP contribution in [0.5, 0.6) is 0 Å². The van der Waals surface area contributed by atoms with E-state index in [1.54, 1.807) is 0 Å². The second-order valence-corrected chi connectivity index (χ2v) is 5.23. The Morgan fingerprint density at radius 1 is 1.36 bits per heavy atom. The summed E-state index contributed by atoms with van der Waals surface area (Å²) >= 11 is 1.93. The Morgan fingerprint density at radius 3 is 2.64 bits per heavy atom. The molecular formula is C12H16OS. The molecule has 0 saturated heterocycles. The zero-order chi connectivity index (χ0) is 9.97. The molecule has 0 aromatic heterocycles. The van der Waals surface area contributed by atoms with Crippen LogP contribution in [-0.2, 0) is 0 Å². The molecule has 1 N–H and O–H groups in total. The fourth-order valence-corrected chi connectivity index (χ4v) is 3.06. The Balaban J connectivity index is 2.13. The molecule has 1 aliphatic carbocycles. The lowest BCUT2D eigenvalue weighted by Crippen LogP contribution is -2.13. The minimum atomic E-state index is -0.348. The van der Waals surface area contributed by atoms with Crippen molar-refractivity contribution in [3.63, 3.8) is 0 Å². The van der Waals surface area contributed by atoms with Crippen molar-refractivity contribution < 1.29 is 5.11 Å². The van der Waals surface area contributed by atoms with Crippen LogP contribution in [0.1, 0.15) is 37.9 Å². The molecule has 2 rings (SSSR count). The SMILES string of the molecule is CC(O)c1ccccc1SC1CCC1. The highest BCUT2D eigenvalue weighted by Crippen LogP contribution is 2.38. The van der Waals surface area contributed by atoms with Gasteiger partial charge in [-0.3, -0.25) is 0 Å². The smallest absolute Gasteiger partial charge is 0.0772 e. The molecule has 0 bridgehead atoms. The Hall–Kier alpha value is -0.470. The number of hydrogen-bond donors (Lipinski definition) is 1. The summed E-state index contributed by atoms with van der Waals surface area (Å²) in [6, 6.07) is 8.18. The Morgan fingerprint density at radius 2 is 2.07 bits per heavy atom. The van der Waals surface area contributed by atoms with Crippen LogP contribution >= 0.6 is 11.8 Å². The number of aliphatic hydroxyl groups is 1. The highest BCUT2D eigenvalue weighted by molar-refractivity contribution is 8.00. The molecule has 0 heterocycles. The second-order valence-electron chi connectivity index (χ2n) is 3.88. The van der Waals surface area contributed by atoms with Crippen molar-refractivity contribution >= 4 is 11.8 Å². The summed E-state index contributed by atoms with van der Waals surface area (Å²) in [6.45, 7) is 1.83. The first-order valence-electron chi connectivity index (χ1n) is 5.21. The topological polar surface area (TPSA) is 20.2 Å². The van der Waals surface area contributed by atoms with Gasteiger partial charge in [0.05, 0.1) is 6.10 Å². The molecule has 76 valence electrons. The van der Waals surface area contributed by atoms with Crippen LogP contribution in [-0.4, -0.2) is 10.4 Å². The number of rotatable bonds is 3. The maximum absolute atomic E-state index is 9.59. The largest absolute Gasteiger partial charge is 0.389 e. The predicted molar refractivity (Wildman–Crippen MR) is 60.6 cm³/mol. The molecular weight excluding hydrogens is 192 g/mol. The zero-order valence-electron chi connectivity index (χ0n) is 8.44. The van der Waals surface area contributed by atoms with E-state index in [1.165, 1.54) is 24.2 Å². The van der Waals surface area contributed by atoms with E-state index in [9.17, 15) is 5.11 Å². The van der Waals surface area contributed by atoms with Gasteiger partial charge < -0.3 is 5.11 Å². The first-order valence-corrected chi connectivity index (χ1v) is 6.09. The van der Waals surface area contributed by atoms with Crippen LogP contribution in [0.25, 0.3) is 0 Å². The molecule has 1 aromatic carbocycles. The standard InChI is InChI=1S/C12H16OS/c1-9(13)11-7-2-3-8-12(11)14-10-5-4-6-10/h2-3,7-10,13H,4-6H2,1H3. The van der Waals surface area contributed by atoms with E-state index in [0.29, 0.717) is 0 Å². The third-order valence-electron chi connectivity index (χ3n) is 2.71. The van der Waals surface area contributed by atoms with Crippen molar-refractivity contribution in [3.8, 4) is 0 Å². The van der Waals surface area contributed by atoms with E-state index < -0.39 is 0 Å². The van der Waals surface area contributed by atoms with Crippen molar-refractivity contribution in [2.75, 3.05) is 0 Å². The van der Waals surface area contributed by atoms with Gasteiger partial charge in [0.1, 0.15) is 0 Å². The van der Waals surface area contributed by atoms with Gasteiger partial charge in [0.15, 0.2) is 0 Å². The normalized spacial score (nSPS) is 19.0. The summed E-state index contributed by atoms with van der Waals surface area (Å²) in [5.74, 6) is 0. The molecule has 1 aromatic rings. The maximum Gasteiger partial charge on any atom is 0.0772 e. The Kier molecular flexibility index (Phi) is 3.14. The van der Waals surface area contributed by atoms with E-state index >= 15 is 0 Å². The molecule has 1 aliphatic rings. The fraction of sp³-hybridized carbons (Fsp3) is 0.500. The van der Waals surface area contributed by atoms with Gasteiger partial charge in [-0.2, -0.15) is 0 Å². The van der Waals surface area contributed by atoms with Crippen LogP contribution in [0.15, 0.2) is 29.2 Å². The average Bonchev–Trinajstić information content (AvgIpc) is 2.12. The number of thioether (sulfide) groups is 1. The molecule has 1 fully saturated rings. The van der Waals surface area contributed by atoms with Crippen LogP contribution in [0.2, 0.25) is 0 Å². The summed E-state index contributed by atoms with van der Waals surface area (Å²) in [7, 11) is 0. The van der Waals surface area contributed by atoms with Gasteiger partial charge in [0.2, 0.25) is 0 Å². The zero-order valence-corrected chi connectivity index (χ0v) is 9.26. The van der Waals surface area contributed by atoms with E-state index in [2.05, 4.69) is 6.07 Å². The van der Waals surface area contributed by atoms with Gasteiger partial charge >= 0.3 is 0 Å². The van der Waals surface area contributed by atoms with Gasteiger partial charge in [0.25, 0.3) is 0 Å². The van der Waals surface area contributed by atoms with Crippen LogP contribution < -0.4 is 0 Å². The first-order chi connectivity index (χ1) is 6.77. The predicted octanol–water partition coefficient (Wildman–Crippen LogP) is 3.38. The molecule has 1 unspecified atom stereocenters. The summed E-state index contributed by atoms with van der Waals surface area (Å²) in [5, 5.41) is 10.4. The molecule has 0 spiro atoms. The van der Waals surface area contributed by atoms with Crippen LogP contribution in [0, 0.1) is 0 Å². The monoisotopic (exact) mass is 208 g/mol. The third kappa shape index (κ3) is 2.12. The lowest BCUT2D eigenvalue weighted by molar-refractivity contribution is 0.196. The van der Waals surface area contributed by atoms with Crippen LogP contribution in [0.4, 0.5) is 0 Å². The minimum absolute atomic E-state index is 0.348. The quantitative estimate of drug-likeness (QED) is 0.821. The summed E-state index contributed by atoms with van der Waals surface area (Å²) in [4.78, 5) is 1.26. The molecule has 0 amide bonds. The highest BCUT2D eigenvalue weighted by Gasteiger charge is 2.20. The average molecular weight is 208 g/mol. The van der Waals surface area contributed by atoms with E-state index in [0.717, 1.165) is 10.8 Å². The minimum Gasteiger partial charge on any atom is -0.389 e. The Labute approximate surface area is 89.5 Å². The molecule has 0 radical (unpaired) electrons. The number of benzene rings is 1. The summed E-state index contributed by atoms with van der Waals surface area (Å²) in [6.07, 6.45) is 3.69. The lowest BCUT2D eigenvalue weighted by atomic mass is 10.00. The van der Waals surface area contributed by atoms with Gasteiger partial charge in [-0.05, 0) is 31.4 Å². The van der Waals surface area contributed by atoms with E-state index in [1.807, 2.05) is 36.9 Å². The summed E-state index contributed by atoms with van der Waals surface area (Å²) in [5.41, 5.74) is 1.07. The molecule has 1 saturated carbocycles. The van der Waals surface area contributed by atoms with Gasteiger partial charge in [-0.25, -0.2) is 0 Å². The molecule has 2 heteroatoms. The van der Waals surface area contributed by atoms with Crippen LogP contribution in [0.3, 0.4) is 0 Å². The third-order valence-corrected chi connectivity index (χ3v) is 4.15. The molecule has 1 nitrogen and oxygen atoms in total. The molecule has 1 atom stereocenters. The summed E-state index contributed by atoms with van der Waals surface area (Å²) < 4.78 is 0. The second kappa shape index (κ2) is 4.37. The number of aliphatic hydroxyl groups excluding tert-OH is 1. The van der Waals surface area contributed by atoms with Crippen molar-refractivity contribution in [1.82, 2.24) is 0 Å². The van der Waals surface area contributed by atoms with Crippen molar-refractivity contribution in [3.05, 3.63) is 29.8 Å². The maximum atomic E-state index is 9.59. The highest BCUT2D eigenvalue weighted by atomic mass is 32.2. The lowest BCUT2D eigenvalue weighted by Gasteiger charge is -2.25. The van der Waals surface area contributed by atoms with Crippen molar-refractivity contribution in [2.45, 2.75) is 42.4 Å². The molecule has 14 heavy (non-hydrogen) atoms. The number of hydrogen-bond acceptors (Lipinski definition) is 2. The Bertz CT molecular complexity index is 305. The molecule has 0 aliphatic heterocycles. The van der Waals surface area contributed by atoms with E-state index in [-0.39, 0.29) is 6.10 Å². The first kappa shape index (κ1) is 10.1. The van der Waals surface area contributed by atoms with Gasteiger partial charge in [0, 0.05) is 10.1 Å². The fourth-order valence-electron chi connectivity index (χ4n) is 1.60. The van der Waals surface area contributed by atoms with Gasteiger partial charge in [-0.1, -0.05) is 24.6 Å².